The molecule has 1 aliphatic rings. The molecule has 1 fully saturated rings. The van der Waals surface area contributed by atoms with Gasteiger partial charge < -0.3 is 4.74 Å². The summed E-state index contributed by atoms with van der Waals surface area (Å²) < 4.78 is 33.5. The predicted octanol–water partition coefficient (Wildman–Crippen LogP) is 4.70. The van der Waals surface area contributed by atoms with Crippen LogP contribution in [0.2, 0.25) is 0 Å². The van der Waals surface area contributed by atoms with Crippen molar-refractivity contribution in [3.05, 3.63) is 46.7 Å². The lowest BCUT2D eigenvalue weighted by Gasteiger charge is -2.32. The number of hydrogen-bond acceptors (Lipinski definition) is 7. The Kier molecular flexibility index (Phi) is 6.42. The van der Waals surface area contributed by atoms with E-state index in [4.69, 9.17) is 4.74 Å². The molecule has 1 saturated heterocycles. The zero-order chi connectivity index (χ0) is 22.0. The second kappa shape index (κ2) is 9.07. The van der Waals surface area contributed by atoms with Crippen molar-refractivity contribution in [2.75, 3.05) is 19.0 Å². The maximum absolute atomic E-state index is 13.4. The molecule has 1 aromatic carbocycles. The number of nitrogens with zero attached hydrogens (tertiary/aromatic N) is 2. The normalized spacial score (nSPS) is 17.4. The maximum Gasteiger partial charge on any atom is 0.257 e. The molecule has 1 amide bonds. The van der Waals surface area contributed by atoms with E-state index in [1.165, 1.54) is 34.9 Å². The average molecular weight is 478 g/mol. The van der Waals surface area contributed by atoms with E-state index >= 15 is 0 Å². The number of piperidine rings is 1. The number of carbonyl (C=O) groups is 1. The third kappa shape index (κ3) is 4.52. The molecule has 0 spiro atoms. The highest BCUT2D eigenvalue weighted by atomic mass is 32.2. The predicted molar refractivity (Wildman–Crippen MR) is 124 cm³/mol. The number of rotatable bonds is 6. The number of carbonyl (C=O) groups excluding carboxylic acids is 1. The SMILES string of the molecule is COc1ccc(C(=O)Nc2nc(-c3cccs3)cs2)cc1S(=O)(=O)N1CCCCC1C. The van der Waals surface area contributed by atoms with Crippen molar-refractivity contribution in [2.45, 2.75) is 37.1 Å². The number of thiazole rings is 1. The van der Waals surface area contributed by atoms with Crippen molar-refractivity contribution in [3.63, 3.8) is 0 Å². The minimum absolute atomic E-state index is 0.00909. The number of methoxy groups -OCH3 is 1. The Morgan fingerprint density at radius 1 is 1.26 bits per heavy atom. The van der Waals surface area contributed by atoms with Gasteiger partial charge in [0.25, 0.3) is 5.91 Å². The van der Waals surface area contributed by atoms with Gasteiger partial charge in [0.2, 0.25) is 10.0 Å². The van der Waals surface area contributed by atoms with Crippen LogP contribution in [0.4, 0.5) is 5.13 Å². The van der Waals surface area contributed by atoms with E-state index in [0.717, 1.165) is 29.8 Å². The van der Waals surface area contributed by atoms with Crippen LogP contribution in [0.1, 0.15) is 36.5 Å². The summed E-state index contributed by atoms with van der Waals surface area (Å²) in [5.74, 6) is -0.193. The molecule has 3 aromatic rings. The molecule has 1 N–H and O–H groups in total. The highest BCUT2D eigenvalue weighted by molar-refractivity contribution is 7.89. The molecule has 10 heteroatoms. The first-order chi connectivity index (χ1) is 14.9. The van der Waals surface area contributed by atoms with Gasteiger partial charge >= 0.3 is 0 Å². The van der Waals surface area contributed by atoms with Gasteiger partial charge in [-0.1, -0.05) is 12.5 Å². The quantitative estimate of drug-likeness (QED) is 0.556. The first-order valence-electron chi connectivity index (χ1n) is 9.91. The first-order valence-corrected chi connectivity index (χ1v) is 13.1. The highest BCUT2D eigenvalue weighted by Crippen LogP contribution is 2.32. The number of ether oxygens (including phenoxy) is 1. The summed E-state index contributed by atoms with van der Waals surface area (Å²) in [6.07, 6.45) is 2.65. The molecule has 0 radical (unpaired) electrons. The van der Waals surface area contributed by atoms with Crippen LogP contribution in [0, 0.1) is 0 Å². The van der Waals surface area contributed by atoms with Gasteiger partial charge in [0, 0.05) is 23.5 Å². The Morgan fingerprint density at radius 2 is 2.10 bits per heavy atom. The topological polar surface area (TPSA) is 88.6 Å². The van der Waals surface area contributed by atoms with Gasteiger partial charge in [-0.15, -0.1) is 22.7 Å². The minimum Gasteiger partial charge on any atom is -0.495 e. The molecule has 1 unspecified atom stereocenters. The summed E-state index contributed by atoms with van der Waals surface area (Å²) >= 11 is 2.90. The summed E-state index contributed by atoms with van der Waals surface area (Å²) in [5, 5.41) is 7.07. The van der Waals surface area contributed by atoms with Crippen LogP contribution in [0.15, 0.2) is 46.0 Å². The van der Waals surface area contributed by atoms with E-state index in [1.807, 2.05) is 29.8 Å². The fourth-order valence-corrected chi connectivity index (χ4v) is 6.96. The fraction of sp³-hybridized carbons (Fsp3) is 0.333. The molecule has 164 valence electrons. The fourth-order valence-electron chi connectivity index (χ4n) is 3.61. The standard InChI is InChI=1S/C21H23N3O4S3/c1-14-6-3-4-10-24(14)31(26,27)19-12-15(8-9-17(19)28-2)20(25)23-21-22-16(13-30-21)18-7-5-11-29-18/h5,7-9,11-14H,3-4,6,10H2,1-2H3,(H,22,23,25). The summed E-state index contributed by atoms with van der Waals surface area (Å²) in [4.78, 5) is 18.3. The second-order valence-corrected chi connectivity index (χ2v) is 11.0. The third-order valence-electron chi connectivity index (χ3n) is 5.25. The number of thiophene rings is 1. The van der Waals surface area contributed by atoms with Gasteiger partial charge in [0.05, 0.1) is 17.7 Å². The van der Waals surface area contributed by atoms with Crippen molar-refractivity contribution < 1.29 is 17.9 Å². The molecular formula is C21H23N3O4S3. The summed E-state index contributed by atoms with van der Waals surface area (Å²) in [5.41, 5.74) is 1.03. The molecule has 4 rings (SSSR count). The Balaban J connectivity index is 1.60. The van der Waals surface area contributed by atoms with Crippen LogP contribution < -0.4 is 10.1 Å². The molecular weight excluding hydrogens is 454 g/mol. The number of nitrogens with one attached hydrogen (secondary N) is 1. The Bertz CT molecular complexity index is 1170. The van der Waals surface area contributed by atoms with E-state index in [2.05, 4.69) is 10.3 Å². The third-order valence-corrected chi connectivity index (χ3v) is 8.94. The number of hydrogen-bond donors (Lipinski definition) is 1. The van der Waals surface area contributed by atoms with Gasteiger partial charge in [0.15, 0.2) is 5.13 Å². The smallest absolute Gasteiger partial charge is 0.257 e. The molecule has 1 aliphatic heterocycles. The van der Waals surface area contributed by atoms with Crippen LogP contribution in [-0.4, -0.2) is 43.3 Å². The molecule has 1 atom stereocenters. The van der Waals surface area contributed by atoms with Crippen LogP contribution in [0.25, 0.3) is 10.6 Å². The van der Waals surface area contributed by atoms with Gasteiger partial charge in [-0.05, 0) is 49.4 Å². The van der Waals surface area contributed by atoms with Crippen molar-refractivity contribution >= 4 is 43.7 Å². The van der Waals surface area contributed by atoms with E-state index in [0.29, 0.717) is 11.7 Å². The minimum atomic E-state index is -3.79. The average Bonchev–Trinajstić information content (AvgIpc) is 3.45. The molecule has 2 aromatic heterocycles. The lowest BCUT2D eigenvalue weighted by atomic mass is 10.1. The van der Waals surface area contributed by atoms with Gasteiger partial charge in [-0.25, -0.2) is 13.4 Å². The zero-order valence-electron chi connectivity index (χ0n) is 17.2. The highest BCUT2D eigenvalue weighted by Gasteiger charge is 2.33. The van der Waals surface area contributed by atoms with Crippen LogP contribution in [0.5, 0.6) is 5.75 Å². The number of sulfonamides is 1. The summed E-state index contributed by atoms with van der Waals surface area (Å²) in [7, 11) is -2.37. The lowest BCUT2D eigenvalue weighted by molar-refractivity contribution is 0.102. The number of benzene rings is 1. The first kappa shape index (κ1) is 21.9. The van der Waals surface area contributed by atoms with E-state index in [-0.39, 0.29) is 22.3 Å². The molecule has 3 heterocycles. The molecule has 0 saturated carbocycles. The molecule has 0 aliphatic carbocycles. The number of amides is 1. The zero-order valence-corrected chi connectivity index (χ0v) is 19.6. The van der Waals surface area contributed by atoms with Crippen LogP contribution in [0.3, 0.4) is 0 Å². The van der Waals surface area contributed by atoms with Crippen molar-refractivity contribution in [1.29, 1.82) is 0 Å². The Labute approximate surface area is 189 Å². The van der Waals surface area contributed by atoms with E-state index in [1.54, 1.807) is 17.4 Å². The van der Waals surface area contributed by atoms with Gasteiger partial charge in [0.1, 0.15) is 10.6 Å². The summed E-state index contributed by atoms with van der Waals surface area (Å²) in [6, 6.07) is 8.29. The van der Waals surface area contributed by atoms with Crippen molar-refractivity contribution in [1.82, 2.24) is 9.29 Å². The molecule has 7 nitrogen and oxygen atoms in total. The largest absolute Gasteiger partial charge is 0.495 e. The number of anilines is 1. The summed E-state index contributed by atoms with van der Waals surface area (Å²) in [6.45, 7) is 2.38. The van der Waals surface area contributed by atoms with Crippen molar-refractivity contribution in [2.24, 2.45) is 0 Å². The van der Waals surface area contributed by atoms with Crippen LogP contribution in [-0.2, 0) is 10.0 Å². The van der Waals surface area contributed by atoms with E-state index < -0.39 is 15.9 Å². The maximum atomic E-state index is 13.4. The van der Waals surface area contributed by atoms with Gasteiger partial charge in [-0.3, -0.25) is 10.1 Å². The molecule has 31 heavy (non-hydrogen) atoms. The van der Waals surface area contributed by atoms with Gasteiger partial charge in [-0.2, -0.15) is 4.31 Å². The Hall–Kier alpha value is -2.27. The Morgan fingerprint density at radius 3 is 2.81 bits per heavy atom. The van der Waals surface area contributed by atoms with Crippen molar-refractivity contribution in [3.8, 4) is 16.3 Å². The lowest BCUT2D eigenvalue weighted by Crippen LogP contribution is -2.42. The second-order valence-electron chi connectivity index (χ2n) is 7.30. The monoisotopic (exact) mass is 477 g/mol. The van der Waals surface area contributed by atoms with Crippen LogP contribution >= 0.6 is 22.7 Å². The number of aromatic nitrogens is 1. The molecule has 0 bridgehead atoms. The van der Waals surface area contributed by atoms with E-state index in [9.17, 15) is 13.2 Å².